The van der Waals surface area contributed by atoms with Crippen molar-refractivity contribution in [2.45, 2.75) is 25.4 Å². The van der Waals surface area contributed by atoms with Gasteiger partial charge in [0.15, 0.2) is 0 Å². The number of phenolic OH excluding ortho intramolecular Hbond substituents is 1. The Kier molecular flexibility index (Phi) is 3.99. The molecule has 0 saturated carbocycles. The maximum Gasteiger partial charge on any atom is 0.303 e. The smallest absolute Gasteiger partial charge is 0.303 e. The second-order valence-corrected chi connectivity index (χ2v) is 4.88. The highest BCUT2D eigenvalue weighted by molar-refractivity contribution is 6.02. The van der Waals surface area contributed by atoms with Crippen molar-refractivity contribution in [3.63, 3.8) is 0 Å². The number of primary amides is 1. The van der Waals surface area contributed by atoms with Crippen LogP contribution in [0.4, 0.5) is 0 Å². The third kappa shape index (κ3) is 2.56. The average Bonchev–Trinajstić information content (AvgIpc) is 2.78. The minimum atomic E-state index is -1.11. The first kappa shape index (κ1) is 15.3. The van der Waals surface area contributed by atoms with Gasteiger partial charge < -0.3 is 20.8 Å². The maximum atomic E-state index is 12.3. The van der Waals surface area contributed by atoms with E-state index in [1.807, 2.05) is 0 Å². The molecule has 1 aromatic carbocycles. The number of aromatic hydroxyl groups is 1. The highest BCUT2D eigenvalue weighted by Gasteiger charge is 2.37. The predicted octanol–water partition coefficient (Wildman–Crippen LogP) is -0.0616. The lowest BCUT2D eigenvalue weighted by Crippen LogP contribution is -2.45. The number of hydrogen-bond acceptors (Lipinski definition) is 5. The number of carbonyl (C=O) groups excluding carboxylic acids is 2. The van der Waals surface area contributed by atoms with Crippen LogP contribution in [0.5, 0.6) is 5.75 Å². The fourth-order valence-corrected chi connectivity index (χ4v) is 2.45. The lowest BCUT2D eigenvalue weighted by Gasteiger charge is -2.24. The number of carboxylic acid groups (broad SMARTS) is 1. The summed E-state index contributed by atoms with van der Waals surface area (Å²) >= 11 is 0. The Morgan fingerprint density at radius 1 is 1.45 bits per heavy atom. The van der Waals surface area contributed by atoms with Crippen LogP contribution in [-0.2, 0) is 16.1 Å². The molecule has 0 fully saturated rings. The van der Waals surface area contributed by atoms with Gasteiger partial charge in [-0.2, -0.15) is 5.26 Å². The van der Waals surface area contributed by atoms with Crippen LogP contribution < -0.4 is 5.73 Å². The molecule has 2 amide bonds. The second-order valence-electron chi connectivity index (χ2n) is 4.88. The summed E-state index contributed by atoms with van der Waals surface area (Å²) in [7, 11) is 0. The van der Waals surface area contributed by atoms with E-state index < -0.39 is 23.8 Å². The SMILES string of the molecule is N#Cc1ccc2c(c1O)CN(C(CCC(=O)O)C(N)=O)C2=O. The Hall–Kier alpha value is -3.08. The van der Waals surface area contributed by atoms with Gasteiger partial charge in [-0.3, -0.25) is 14.4 Å². The van der Waals surface area contributed by atoms with E-state index in [-0.39, 0.29) is 41.8 Å². The molecule has 114 valence electrons. The topological polar surface area (TPSA) is 145 Å². The minimum absolute atomic E-state index is 0.0227. The molecule has 22 heavy (non-hydrogen) atoms. The number of phenols is 1. The molecule has 1 unspecified atom stereocenters. The van der Waals surface area contributed by atoms with Crippen molar-refractivity contribution in [2.24, 2.45) is 5.73 Å². The van der Waals surface area contributed by atoms with Gasteiger partial charge in [-0.25, -0.2) is 0 Å². The zero-order valence-corrected chi connectivity index (χ0v) is 11.4. The van der Waals surface area contributed by atoms with Gasteiger partial charge in [-0.05, 0) is 18.6 Å². The fourth-order valence-electron chi connectivity index (χ4n) is 2.45. The van der Waals surface area contributed by atoms with Crippen molar-refractivity contribution in [3.05, 3.63) is 28.8 Å². The monoisotopic (exact) mass is 303 g/mol. The van der Waals surface area contributed by atoms with Gasteiger partial charge >= 0.3 is 5.97 Å². The van der Waals surface area contributed by atoms with E-state index in [0.29, 0.717) is 0 Å². The van der Waals surface area contributed by atoms with Crippen LogP contribution in [0, 0.1) is 11.3 Å². The molecule has 1 atom stereocenters. The summed E-state index contributed by atoms with van der Waals surface area (Å²) in [5.41, 5.74) is 5.70. The van der Waals surface area contributed by atoms with Crippen LogP contribution in [0.2, 0.25) is 0 Å². The van der Waals surface area contributed by atoms with Crippen LogP contribution in [0.1, 0.15) is 34.3 Å². The molecule has 8 heteroatoms. The average molecular weight is 303 g/mol. The molecule has 0 bridgehead atoms. The summed E-state index contributed by atoms with van der Waals surface area (Å²) in [6, 6.07) is 3.42. The molecule has 1 aliphatic heterocycles. The highest BCUT2D eigenvalue weighted by atomic mass is 16.4. The number of fused-ring (bicyclic) bond motifs is 1. The number of carboxylic acids is 1. The molecule has 8 nitrogen and oxygen atoms in total. The molecule has 0 aliphatic carbocycles. The number of hydrogen-bond donors (Lipinski definition) is 3. The van der Waals surface area contributed by atoms with Gasteiger partial charge in [0.05, 0.1) is 12.1 Å². The lowest BCUT2D eigenvalue weighted by molar-refractivity contribution is -0.137. The minimum Gasteiger partial charge on any atom is -0.506 e. The van der Waals surface area contributed by atoms with Crippen LogP contribution >= 0.6 is 0 Å². The van der Waals surface area contributed by atoms with Crippen LogP contribution in [0.15, 0.2) is 12.1 Å². The molecule has 4 N–H and O–H groups in total. The van der Waals surface area contributed by atoms with Gasteiger partial charge in [0, 0.05) is 17.5 Å². The summed E-state index contributed by atoms with van der Waals surface area (Å²) < 4.78 is 0. The maximum absolute atomic E-state index is 12.3. The molecule has 1 heterocycles. The Bertz CT molecular complexity index is 707. The number of rotatable bonds is 5. The largest absolute Gasteiger partial charge is 0.506 e. The van der Waals surface area contributed by atoms with E-state index in [9.17, 15) is 19.5 Å². The van der Waals surface area contributed by atoms with E-state index in [1.165, 1.54) is 12.1 Å². The molecule has 1 aromatic rings. The fraction of sp³-hybridized carbons (Fsp3) is 0.286. The van der Waals surface area contributed by atoms with E-state index in [2.05, 4.69) is 0 Å². The molecule has 0 aromatic heterocycles. The summed E-state index contributed by atoms with van der Waals surface area (Å²) in [5.74, 6) is -2.76. The van der Waals surface area contributed by atoms with Crippen LogP contribution in [-0.4, -0.2) is 38.9 Å². The Morgan fingerprint density at radius 2 is 2.14 bits per heavy atom. The predicted molar refractivity (Wildman–Crippen MR) is 72.5 cm³/mol. The third-order valence-corrected chi connectivity index (χ3v) is 3.56. The highest BCUT2D eigenvalue weighted by Crippen LogP contribution is 2.34. The molecular weight excluding hydrogens is 290 g/mol. The Morgan fingerprint density at radius 3 is 2.68 bits per heavy atom. The van der Waals surface area contributed by atoms with Crippen LogP contribution in [0.25, 0.3) is 0 Å². The first-order valence-electron chi connectivity index (χ1n) is 6.43. The van der Waals surface area contributed by atoms with Crippen molar-refractivity contribution in [1.82, 2.24) is 4.90 Å². The molecule has 0 saturated heterocycles. The zero-order chi connectivity index (χ0) is 16.4. The Labute approximate surface area is 125 Å². The van der Waals surface area contributed by atoms with Gasteiger partial charge in [-0.1, -0.05) is 0 Å². The quantitative estimate of drug-likeness (QED) is 0.694. The van der Waals surface area contributed by atoms with E-state index in [0.717, 1.165) is 4.90 Å². The van der Waals surface area contributed by atoms with Gasteiger partial charge in [0.1, 0.15) is 17.9 Å². The molecule has 1 aliphatic rings. The van der Waals surface area contributed by atoms with Crippen molar-refractivity contribution in [3.8, 4) is 11.8 Å². The number of nitrogens with zero attached hydrogens (tertiary/aromatic N) is 2. The normalized spacial score (nSPS) is 14.3. The summed E-state index contributed by atoms with van der Waals surface area (Å²) in [6.07, 6.45) is -0.431. The van der Waals surface area contributed by atoms with Crippen molar-refractivity contribution in [1.29, 1.82) is 5.26 Å². The van der Waals surface area contributed by atoms with Crippen LogP contribution in [0.3, 0.4) is 0 Å². The van der Waals surface area contributed by atoms with Gasteiger partial charge in [0.2, 0.25) is 5.91 Å². The summed E-state index contributed by atoms with van der Waals surface area (Å²) in [5, 5.41) is 27.6. The van der Waals surface area contributed by atoms with E-state index >= 15 is 0 Å². The van der Waals surface area contributed by atoms with E-state index in [4.69, 9.17) is 16.1 Å². The standard InChI is InChI=1S/C14H13N3O5/c15-5-7-1-2-8-9(12(7)20)6-17(14(8)22)10(13(16)21)3-4-11(18)19/h1-2,10,20H,3-4,6H2,(H2,16,21)(H,18,19). The summed E-state index contributed by atoms with van der Waals surface area (Å²) in [6.45, 7) is -0.0945. The number of aliphatic carboxylic acids is 1. The Balaban J connectivity index is 2.33. The summed E-state index contributed by atoms with van der Waals surface area (Å²) in [4.78, 5) is 35.6. The third-order valence-electron chi connectivity index (χ3n) is 3.56. The molecular formula is C14H13N3O5. The second kappa shape index (κ2) is 5.73. The van der Waals surface area contributed by atoms with Crippen molar-refractivity contribution in [2.75, 3.05) is 0 Å². The number of nitriles is 1. The van der Waals surface area contributed by atoms with Crippen molar-refractivity contribution >= 4 is 17.8 Å². The van der Waals surface area contributed by atoms with Crippen molar-refractivity contribution < 1.29 is 24.6 Å². The molecule has 2 rings (SSSR count). The number of benzene rings is 1. The number of carbonyl (C=O) groups is 3. The van der Waals surface area contributed by atoms with Gasteiger partial charge in [-0.15, -0.1) is 0 Å². The molecule has 0 radical (unpaired) electrons. The van der Waals surface area contributed by atoms with Gasteiger partial charge in [0.25, 0.3) is 5.91 Å². The molecule has 0 spiro atoms. The number of nitrogens with two attached hydrogens (primary N) is 1. The zero-order valence-electron chi connectivity index (χ0n) is 11.4. The number of amides is 2. The first-order chi connectivity index (χ1) is 10.4. The first-order valence-corrected chi connectivity index (χ1v) is 6.43. The lowest BCUT2D eigenvalue weighted by atomic mass is 10.1. The van der Waals surface area contributed by atoms with E-state index in [1.54, 1.807) is 6.07 Å².